The molecule has 0 aromatic heterocycles. The van der Waals surface area contributed by atoms with Crippen LogP contribution in [0.4, 0.5) is 0 Å². The molecule has 1 saturated carbocycles. The lowest BCUT2D eigenvalue weighted by Gasteiger charge is -2.08. The summed E-state index contributed by atoms with van der Waals surface area (Å²) in [5.41, 5.74) is 0. The molecule has 0 radical (unpaired) electrons. The first kappa shape index (κ1) is 5.06. The second-order valence-electron chi connectivity index (χ2n) is 1.82. The Balaban J connectivity index is 2.28. The molecule has 0 saturated heterocycles. The smallest absolute Gasteiger partial charge is 0.167 e. The van der Waals surface area contributed by atoms with Gasteiger partial charge in [-0.3, -0.25) is 0 Å². The van der Waals surface area contributed by atoms with E-state index >= 15 is 0 Å². The van der Waals surface area contributed by atoms with Gasteiger partial charge in [0, 0.05) is 27.1 Å². The topological polar surface area (TPSA) is 18.5 Å². The summed E-state index contributed by atoms with van der Waals surface area (Å²) in [4.78, 5) is 0. The zero-order chi connectivity index (χ0) is 5.33. The van der Waals surface area contributed by atoms with E-state index in [9.17, 15) is 0 Å². The van der Waals surface area contributed by atoms with Gasteiger partial charge in [-0.2, -0.15) is 0 Å². The predicted molar refractivity (Wildman–Crippen MR) is 26.0 cm³/mol. The largest absolute Gasteiger partial charge is 0.353 e. The van der Waals surface area contributed by atoms with Crippen LogP contribution < -0.4 is 0 Å². The summed E-state index contributed by atoms with van der Waals surface area (Å²) < 4.78 is 9.95. The number of hydrogen-bond acceptors (Lipinski definition) is 2. The Morgan fingerprint density at radius 3 is 1.57 bits per heavy atom. The van der Waals surface area contributed by atoms with Gasteiger partial charge in [-0.25, -0.2) is 0 Å². The summed E-state index contributed by atoms with van der Waals surface area (Å²) in [6.07, 6.45) is 2.11. The minimum Gasteiger partial charge on any atom is -0.353 e. The molecule has 0 N–H and O–H groups in total. The minimum atomic E-state index is -0.167. The molecule has 0 atom stereocenters. The maximum Gasteiger partial charge on any atom is 0.167 e. The Bertz CT molecular complexity index is 60.5. The summed E-state index contributed by atoms with van der Waals surface area (Å²) in [7, 11) is 3.35. The predicted octanol–water partition coefficient (Wildman–Crippen LogP) is 0.769. The van der Waals surface area contributed by atoms with E-state index in [1.54, 1.807) is 14.2 Å². The van der Waals surface area contributed by atoms with Crippen molar-refractivity contribution in [2.45, 2.75) is 18.6 Å². The fourth-order valence-corrected chi connectivity index (χ4v) is 0.594. The molecule has 7 heavy (non-hydrogen) atoms. The van der Waals surface area contributed by atoms with Gasteiger partial charge in [0.25, 0.3) is 0 Å². The van der Waals surface area contributed by atoms with Crippen molar-refractivity contribution < 1.29 is 9.47 Å². The molecule has 1 rings (SSSR count). The fourth-order valence-electron chi connectivity index (χ4n) is 0.594. The number of ether oxygens (including phenoxy) is 2. The Morgan fingerprint density at radius 2 is 1.57 bits per heavy atom. The van der Waals surface area contributed by atoms with Crippen LogP contribution in [0.1, 0.15) is 12.8 Å². The van der Waals surface area contributed by atoms with Gasteiger partial charge in [0.05, 0.1) is 0 Å². The van der Waals surface area contributed by atoms with Crippen LogP contribution in [0.25, 0.3) is 0 Å². The van der Waals surface area contributed by atoms with Gasteiger partial charge in [0.2, 0.25) is 0 Å². The minimum absolute atomic E-state index is 0.167. The highest BCUT2D eigenvalue weighted by molar-refractivity contribution is 4.84. The van der Waals surface area contributed by atoms with Crippen molar-refractivity contribution in [1.82, 2.24) is 0 Å². The maximum absolute atomic E-state index is 4.98. The van der Waals surface area contributed by atoms with Gasteiger partial charge in [-0.15, -0.1) is 0 Å². The van der Waals surface area contributed by atoms with Crippen molar-refractivity contribution in [2.75, 3.05) is 14.2 Å². The van der Waals surface area contributed by atoms with E-state index in [0.717, 1.165) is 12.8 Å². The van der Waals surface area contributed by atoms with E-state index < -0.39 is 0 Å². The normalized spacial score (nSPS) is 24.9. The first-order valence-electron chi connectivity index (χ1n) is 2.43. The molecule has 0 bridgehead atoms. The Hall–Kier alpha value is -0.0800. The molecule has 1 aliphatic rings. The standard InChI is InChI=1S/C5H10O2/c1-6-5(7-2)3-4-5/h3-4H2,1-2H3. The van der Waals surface area contributed by atoms with E-state index in [2.05, 4.69) is 0 Å². The molecule has 0 heterocycles. The molecule has 0 aromatic rings. The summed E-state index contributed by atoms with van der Waals surface area (Å²) in [6.45, 7) is 0. The van der Waals surface area contributed by atoms with Gasteiger partial charge < -0.3 is 9.47 Å². The third-order valence-corrected chi connectivity index (χ3v) is 1.40. The molecule has 1 aliphatic carbocycles. The highest BCUT2D eigenvalue weighted by Gasteiger charge is 2.43. The van der Waals surface area contributed by atoms with Crippen molar-refractivity contribution in [2.24, 2.45) is 0 Å². The number of methoxy groups -OCH3 is 2. The van der Waals surface area contributed by atoms with Gasteiger partial charge in [-0.1, -0.05) is 0 Å². The highest BCUT2D eigenvalue weighted by Crippen LogP contribution is 2.38. The van der Waals surface area contributed by atoms with Crippen LogP contribution in [0.5, 0.6) is 0 Å². The highest BCUT2D eigenvalue weighted by atomic mass is 16.7. The van der Waals surface area contributed by atoms with Crippen molar-refractivity contribution in [3.8, 4) is 0 Å². The van der Waals surface area contributed by atoms with Crippen LogP contribution in [-0.2, 0) is 9.47 Å². The van der Waals surface area contributed by atoms with Crippen LogP contribution >= 0.6 is 0 Å². The molecule has 2 heteroatoms. The lowest BCUT2D eigenvalue weighted by molar-refractivity contribution is -0.127. The summed E-state index contributed by atoms with van der Waals surface area (Å²) in [5, 5.41) is 0. The molecule has 0 spiro atoms. The molecule has 0 unspecified atom stereocenters. The van der Waals surface area contributed by atoms with Crippen molar-refractivity contribution >= 4 is 0 Å². The van der Waals surface area contributed by atoms with E-state index in [4.69, 9.17) is 9.47 Å². The zero-order valence-electron chi connectivity index (χ0n) is 4.73. The van der Waals surface area contributed by atoms with Gasteiger partial charge in [0.15, 0.2) is 5.79 Å². The molecular formula is C5H10O2. The quantitative estimate of drug-likeness (QED) is 0.479. The Labute approximate surface area is 43.4 Å². The zero-order valence-corrected chi connectivity index (χ0v) is 4.73. The molecule has 0 amide bonds. The van der Waals surface area contributed by atoms with Gasteiger partial charge >= 0.3 is 0 Å². The van der Waals surface area contributed by atoms with Crippen LogP contribution in [-0.4, -0.2) is 20.0 Å². The molecule has 0 aliphatic heterocycles. The number of hydrogen-bond donors (Lipinski definition) is 0. The first-order chi connectivity index (χ1) is 3.33. The lowest BCUT2D eigenvalue weighted by atomic mass is 10.7. The second-order valence-corrected chi connectivity index (χ2v) is 1.82. The fraction of sp³-hybridized carbons (Fsp3) is 1.00. The molecule has 1 fully saturated rings. The van der Waals surface area contributed by atoms with Crippen molar-refractivity contribution in [3.63, 3.8) is 0 Å². The van der Waals surface area contributed by atoms with Crippen LogP contribution in [0.2, 0.25) is 0 Å². The average Bonchev–Trinajstić information content (AvgIpc) is 2.46. The summed E-state index contributed by atoms with van der Waals surface area (Å²) in [5.74, 6) is -0.167. The molecule has 0 aromatic carbocycles. The Morgan fingerprint density at radius 1 is 1.14 bits per heavy atom. The van der Waals surface area contributed by atoms with E-state index in [-0.39, 0.29) is 5.79 Å². The van der Waals surface area contributed by atoms with Crippen molar-refractivity contribution in [1.29, 1.82) is 0 Å². The van der Waals surface area contributed by atoms with Gasteiger partial charge in [0.1, 0.15) is 0 Å². The van der Waals surface area contributed by atoms with E-state index in [1.165, 1.54) is 0 Å². The molecule has 42 valence electrons. The second kappa shape index (κ2) is 1.46. The van der Waals surface area contributed by atoms with E-state index in [0.29, 0.717) is 0 Å². The van der Waals surface area contributed by atoms with Crippen LogP contribution in [0.15, 0.2) is 0 Å². The lowest BCUT2D eigenvalue weighted by Crippen LogP contribution is -2.12. The molecule has 2 nitrogen and oxygen atoms in total. The van der Waals surface area contributed by atoms with Crippen molar-refractivity contribution in [3.05, 3.63) is 0 Å². The van der Waals surface area contributed by atoms with E-state index in [1.807, 2.05) is 0 Å². The van der Waals surface area contributed by atoms with Gasteiger partial charge in [-0.05, 0) is 0 Å². The first-order valence-corrected chi connectivity index (χ1v) is 2.43. The third kappa shape index (κ3) is 0.763. The summed E-state index contributed by atoms with van der Waals surface area (Å²) in [6, 6.07) is 0. The summed E-state index contributed by atoms with van der Waals surface area (Å²) >= 11 is 0. The monoisotopic (exact) mass is 102 g/mol. The average molecular weight is 102 g/mol. The SMILES string of the molecule is COC1(OC)CC1. The maximum atomic E-state index is 4.98. The third-order valence-electron chi connectivity index (χ3n) is 1.40. The molecular weight excluding hydrogens is 92.1 g/mol. The van der Waals surface area contributed by atoms with Crippen LogP contribution in [0.3, 0.4) is 0 Å². The van der Waals surface area contributed by atoms with Crippen LogP contribution in [0, 0.1) is 0 Å². The number of rotatable bonds is 2. The Kier molecular flexibility index (Phi) is 1.05.